The summed E-state index contributed by atoms with van der Waals surface area (Å²) in [5, 5.41) is 13.5. The van der Waals surface area contributed by atoms with Crippen LogP contribution in [0.5, 0.6) is 0 Å². The molecule has 5 heteroatoms. The van der Waals surface area contributed by atoms with E-state index in [0.29, 0.717) is 31.4 Å². The van der Waals surface area contributed by atoms with Crippen LogP contribution in [0.4, 0.5) is 0 Å². The average molecular weight is 315 g/mol. The van der Waals surface area contributed by atoms with Crippen molar-refractivity contribution < 1.29 is 9.63 Å². The molecule has 1 aromatic heterocycles. The number of rotatable bonds is 7. The highest BCUT2D eigenvalue weighted by Crippen LogP contribution is 2.23. The van der Waals surface area contributed by atoms with Gasteiger partial charge in [0.1, 0.15) is 0 Å². The fraction of sp³-hybridized carbons (Fsp3) is 0.556. The van der Waals surface area contributed by atoms with E-state index in [-0.39, 0.29) is 6.61 Å². The van der Waals surface area contributed by atoms with Crippen LogP contribution >= 0.6 is 0 Å². The molecule has 1 fully saturated rings. The molecule has 0 amide bonds. The quantitative estimate of drug-likeness (QED) is 0.851. The molecule has 0 saturated heterocycles. The Morgan fingerprint density at radius 2 is 1.91 bits per heavy atom. The van der Waals surface area contributed by atoms with Gasteiger partial charge >= 0.3 is 0 Å². The molecule has 1 heterocycles. The third kappa shape index (κ3) is 4.62. The number of aliphatic hydroxyl groups is 1. The van der Waals surface area contributed by atoms with Crippen LogP contribution in [0.1, 0.15) is 49.4 Å². The lowest BCUT2D eigenvalue weighted by Gasteiger charge is -2.32. The van der Waals surface area contributed by atoms with E-state index >= 15 is 0 Å². The smallest absolute Gasteiger partial charge is 0.231 e. The molecule has 0 unspecified atom stereocenters. The number of hydrogen-bond acceptors (Lipinski definition) is 5. The summed E-state index contributed by atoms with van der Waals surface area (Å²) in [6, 6.07) is 10.7. The van der Waals surface area contributed by atoms with Gasteiger partial charge in [-0.2, -0.15) is 4.98 Å². The molecule has 1 N–H and O–H groups in total. The van der Waals surface area contributed by atoms with Crippen molar-refractivity contribution in [2.24, 2.45) is 0 Å². The van der Waals surface area contributed by atoms with Gasteiger partial charge in [-0.25, -0.2) is 0 Å². The van der Waals surface area contributed by atoms with Crippen molar-refractivity contribution in [2.75, 3.05) is 13.2 Å². The van der Waals surface area contributed by atoms with Crippen LogP contribution in [-0.2, 0) is 13.0 Å². The van der Waals surface area contributed by atoms with Crippen molar-refractivity contribution in [1.82, 2.24) is 15.0 Å². The SMILES string of the molecule is OCCN(Cc1noc(Cc2ccccc2)n1)C1CCCCC1. The standard InChI is InChI=1S/C18H25N3O2/c22-12-11-21(16-9-5-2-6-10-16)14-17-19-18(23-20-17)13-15-7-3-1-4-8-15/h1,3-4,7-8,16,22H,2,5-6,9-14H2. The summed E-state index contributed by atoms with van der Waals surface area (Å²) >= 11 is 0. The van der Waals surface area contributed by atoms with Crippen molar-refractivity contribution in [1.29, 1.82) is 0 Å². The molecule has 1 aliphatic carbocycles. The van der Waals surface area contributed by atoms with Gasteiger partial charge in [-0.15, -0.1) is 0 Å². The van der Waals surface area contributed by atoms with E-state index in [4.69, 9.17) is 4.52 Å². The summed E-state index contributed by atoms with van der Waals surface area (Å²) < 4.78 is 5.38. The molecular weight excluding hydrogens is 290 g/mol. The van der Waals surface area contributed by atoms with Gasteiger partial charge in [0.15, 0.2) is 5.82 Å². The maximum Gasteiger partial charge on any atom is 0.231 e. The first-order valence-electron chi connectivity index (χ1n) is 8.55. The highest BCUT2D eigenvalue weighted by atomic mass is 16.5. The van der Waals surface area contributed by atoms with E-state index in [1.54, 1.807) is 0 Å². The van der Waals surface area contributed by atoms with Crippen LogP contribution in [-0.4, -0.2) is 39.3 Å². The van der Waals surface area contributed by atoms with Gasteiger partial charge in [-0.05, 0) is 18.4 Å². The monoisotopic (exact) mass is 315 g/mol. The average Bonchev–Trinajstić information content (AvgIpc) is 3.03. The molecule has 23 heavy (non-hydrogen) atoms. The highest BCUT2D eigenvalue weighted by Gasteiger charge is 2.22. The van der Waals surface area contributed by atoms with Gasteiger partial charge in [0, 0.05) is 12.6 Å². The van der Waals surface area contributed by atoms with E-state index in [1.165, 1.54) is 37.7 Å². The number of nitrogens with zero attached hydrogens (tertiary/aromatic N) is 3. The topological polar surface area (TPSA) is 62.4 Å². The van der Waals surface area contributed by atoms with Crippen molar-refractivity contribution in [3.05, 3.63) is 47.6 Å². The highest BCUT2D eigenvalue weighted by molar-refractivity contribution is 5.17. The van der Waals surface area contributed by atoms with Crippen LogP contribution in [0.3, 0.4) is 0 Å². The first-order chi connectivity index (χ1) is 11.3. The number of hydrogen-bond donors (Lipinski definition) is 1. The van der Waals surface area contributed by atoms with Gasteiger partial charge in [-0.3, -0.25) is 4.90 Å². The predicted octanol–water partition coefficient (Wildman–Crippen LogP) is 2.79. The van der Waals surface area contributed by atoms with Crippen LogP contribution in [0, 0.1) is 0 Å². The Morgan fingerprint density at radius 3 is 2.65 bits per heavy atom. The van der Waals surface area contributed by atoms with Crippen molar-refractivity contribution in [3.63, 3.8) is 0 Å². The first-order valence-corrected chi connectivity index (χ1v) is 8.55. The third-order valence-electron chi connectivity index (χ3n) is 4.53. The minimum Gasteiger partial charge on any atom is -0.395 e. The molecule has 0 spiro atoms. The van der Waals surface area contributed by atoms with Crippen LogP contribution in [0.2, 0.25) is 0 Å². The lowest BCUT2D eigenvalue weighted by Crippen LogP contribution is -2.38. The number of aliphatic hydroxyl groups excluding tert-OH is 1. The Bertz CT molecular complexity index is 579. The number of aromatic nitrogens is 2. The van der Waals surface area contributed by atoms with E-state index < -0.39 is 0 Å². The van der Waals surface area contributed by atoms with E-state index in [1.807, 2.05) is 18.2 Å². The number of benzene rings is 1. The fourth-order valence-corrected chi connectivity index (χ4v) is 3.34. The lowest BCUT2D eigenvalue weighted by molar-refractivity contribution is 0.113. The van der Waals surface area contributed by atoms with Crippen LogP contribution in [0.25, 0.3) is 0 Å². The Morgan fingerprint density at radius 1 is 1.13 bits per heavy atom. The van der Waals surface area contributed by atoms with Crippen molar-refractivity contribution in [3.8, 4) is 0 Å². The Kier molecular flexibility index (Phi) is 5.77. The van der Waals surface area contributed by atoms with Gasteiger partial charge in [0.05, 0.1) is 19.6 Å². The van der Waals surface area contributed by atoms with Crippen LogP contribution in [0.15, 0.2) is 34.9 Å². The maximum absolute atomic E-state index is 9.34. The molecule has 1 aromatic carbocycles. The Balaban J connectivity index is 1.61. The second kappa shape index (κ2) is 8.22. The second-order valence-electron chi connectivity index (χ2n) is 6.25. The predicted molar refractivity (Wildman–Crippen MR) is 87.9 cm³/mol. The normalized spacial score (nSPS) is 16.1. The molecule has 1 saturated carbocycles. The van der Waals surface area contributed by atoms with Gasteiger partial charge < -0.3 is 9.63 Å². The molecular formula is C18H25N3O2. The van der Waals surface area contributed by atoms with Gasteiger partial charge in [-0.1, -0.05) is 54.8 Å². The zero-order chi connectivity index (χ0) is 15.9. The summed E-state index contributed by atoms with van der Waals surface area (Å²) in [5.74, 6) is 1.37. The molecule has 124 valence electrons. The molecule has 0 radical (unpaired) electrons. The van der Waals surface area contributed by atoms with Crippen molar-refractivity contribution >= 4 is 0 Å². The zero-order valence-corrected chi connectivity index (χ0v) is 13.5. The summed E-state index contributed by atoms with van der Waals surface area (Å²) in [6.45, 7) is 1.50. The van der Waals surface area contributed by atoms with E-state index in [0.717, 1.165) is 5.82 Å². The molecule has 0 aliphatic heterocycles. The first kappa shape index (κ1) is 16.1. The minimum atomic E-state index is 0.172. The Labute approximate surface area is 137 Å². The molecule has 5 nitrogen and oxygen atoms in total. The second-order valence-corrected chi connectivity index (χ2v) is 6.25. The molecule has 0 bridgehead atoms. The largest absolute Gasteiger partial charge is 0.395 e. The zero-order valence-electron chi connectivity index (χ0n) is 13.5. The molecule has 3 rings (SSSR count). The van der Waals surface area contributed by atoms with Crippen molar-refractivity contribution in [2.45, 2.75) is 51.1 Å². The van der Waals surface area contributed by atoms with E-state index in [2.05, 4.69) is 27.2 Å². The Hall–Kier alpha value is -1.72. The summed E-state index contributed by atoms with van der Waals surface area (Å²) in [6.07, 6.45) is 6.95. The fourth-order valence-electron chi connectivity index (χ4n) is 3.34. The minimum absolute atomic E-state index is 0.172. The lowest BCUT2D eigenvalue weighted by atomic mass is 9.94. The third-order valence-corrected chi connectivity index (χ3v) is 4.53. The van der Waals surface area contributed by atoms with Gasteiger partial charge in [0.25, 0.3) is 0 Å². The molecule has 0 atom stereocenters. The summed E-state index contributed by atoms with van der Waals surface area (Å²) in [4.78, 5) is 6.82. The van der Waals surface area contributed by atoms with Gasteiger partial charge in [0.2, 0.25) is 5.89 Å². The maximum atomic E-state index is 9.34. The molecule has 1 aliphatic rings. The van der Waals surface area contributed by atoms with E-state index in [9.17, 15) is 5.11 Å². The molecule has 2 aromatic rings. The summed E-state index contributed by atoms with van der Waals surface area (Å²) in [7, 11) is 0. The van der Waals surface area contributed by atoms with Crippen LogP contribution < -0.4 is 0 Å². The summed E-state index contributed by atoms with van der Waals surface area (Å²) in [5.41, 5.74) is 1.17.